The Hall–Kier alpha value is -1.85. The van der Waals surface area contributed by atoms with Crippen LogP contribution in [0.4, 0.5) is 0 Å². The molecule has 1 aliphatic rings. The van der Waals surface area contributed by atoms with E-state index in [-0.39, 0.29) is 6.10 Å². The molecule has 20 heavy (non-hydrogen) atoms. The summed E-state index contributed by atoms with van der Waals surface area (Å²) in [5.74, 6) is -0.249. The van der Waals surface area contributed by atoms with Crippen LogP contribution in [-0.2, 0) is 4.79 Å². The second kappa shape index (κ2) is 7.07. The molecule has 0 bridgehead atoms. The minimum absolute atomic E-state index is 0.209. The summed E-state index contributed by atoms with van der Waals surface area (Å²) < 4.78 is 5.65. The van der Waals surface area contributed by atoms with E-state index in [1.54, 1.807) is 6.07 Å². The average Bonchev–Trinajstić information content (AvgIpc) is 2.83. The molecule has 2 N–H and O–H groups in total. The number of β-amino-alcohol motifs (C(OH)–C–C–N with tert-alkyl or cyclic N) is 1. The van der Waals surface area contributed by atoms with Crippen molar-refractivity contribution in [1.29, 1.82) is 0 Å². The molecule has 5 nitrogen and oxygen atoms in total. The Kier molecular flexibility index (Phi) is 5.15. The van der Waals surface area contributed by atoms with Gasteiger partial charge in [-0.25, -0.2) is 4.79 Å². The van der Waals surface area contributed by atoms with Crippen LogP contribution in [0.15, 0.2) is 30.3 Å². The van der Waals surface area contributed by atoms with E-state index < -0.39 is 5.97 Å². The first kappa shape index (κ1) is 14.6. The lowest BCUT2D eigenvalue weighted by atomic mass is 10.2. The van der Waals surface area contributed by atoms with Crippen molar-refractivity contribution in [2.45, 2.75) is 12.5 Å². The molecule has 1 aromatic rings. The number of rotatable bonds is 6. The van der Waals surface area contributed by atoms with Crippen molar-refractivity contribution >= 4 is 12.0 Å². The van der Waals surface area contributed by atoms with Gasteiger partial charge in [-0.1, -0.05) is 12.1 Å². The standard InChI is InChI=1S/C15H19NO4/c17-13-6-7-16(11-13)8-9-20-14-3-1-2-12(10-14)4-5-15(18)19/h1-5,10,13,17H,6-9,11H2,(H,18,19). The van der Waals surface area contributed by atoms with E-state index in [1.165, 1.54) is 6.08 Å². The Balaban J connectivity index is 1.80. The fourth-order valence-electron chi connectivity index (χ4n) is 2.18. The summed E-state index contributed by atoms with van der Waals surface area (Å²) in [4.78, 5) is 12.6. The number of carboxylic acid groups (broad SMARTS) is 1. The topological polar surface area (TPSA) is 70.0 Å². The minimum atomic E-state index is -0.969. The van der Waals surface area contributed by atoms with E-state index >= 15 is 0 Å². The summed E-state index contributed by atoms with van der Waals surface area (Å²) >= 11 is 0. The molecule has 2 rings (SSSR count). The summed E-state index contributed by atoms with van der Waals surface area (Å²) in [6.07, 6.45) is 3.26. The Bertz CT molecular complexity index is 487. The van der Waals surface area contributed by atoms with Gasteiger partial charge in [0.15, 0.2) is 0 Å². The summed E-state index contributed by atoms with van der Waals surface area (Å²) in [5.41, 5.74) is 0.793. The third-order valence-corrected chi connectivity index (χ3v) is 3.20. The van der Waals surface area contributed by atoms with Gasteiger partial charge >= 0.3 is 5.97 Å². The first-order chi connectivity index (χ1) is 9.63. The highest BCUT2D eigenvalue weighted by molar-refractivity contribution is 5.85. The van der Waals surface area contributed by atoms with Gasteiger partial charge in [0.25, 0.3) is 0 Å². The zero-order valence-corrected chi connectivity index (χ0v) is 11.2. The van der Waals surface area contributed by atoms with Crippen LogP contribution in [0.5, 0.6) is 5.75 Å². The molecule has 1 atom stereocenters. The van der Waals surface area contributed by atoms with Crippen LogP contribution in [-0.4, -0.2) is 53.4 Å². The molecule has 0 saturated carbocycles. The van der Waals surface area contributed by atoms with Crippen molar-refractivity contribution in [2.24, 2.45) is 0 Å². The van der Waals surface area contributed by atoms with Crippen LogP contribution in [0.3, 0.4) is 0 Å². The van der Waals surface area contributed by atoms with E-state index in [2.05, 4.69) is 4.90 Å². The number of hydrogen-bond acceptors (Lipinski definition) is 4. The van der Waals surface area contributed by atoms with Gasteiger partial charge in [-0.3, -0.25) is 4.90 Å². The Morgan fingerprint density at radius 2 is 2.35 bits per heavy atom. The largest absolute Gasteiger partial charge is 0.492 e. The molecule has 1 aromatic carbocycles. The number of aliphatic carboxylic acids is 1. The molecule has 0 aromatic heterocycles. The molecule has 1 fully saturated rings. The number of hydrogen-bond donors (Lipinski definition) is 2. The number of nitrogens with zero attached hydrogens (tertiary/aromatic N) is 1. The molecule has 0 aliphatic carbocycles. The van der Waals surface area contributed by atoms with Gasteiger partial charge in [0.1, 0.15) is 12.4 Å². The Labute approximate surface area is 118 Å². The number of benzene rings is 1. The molecule has 5 heteroatoms. The van der Waals surface area contributed by atoms with E-state index in [0.717, 1.165) is 36.9 Å². The summed E-state index contributed by atoms with van der Waals surface area (Å²) in [6, 6.07) is 7.30. The third kappa shape index (κ3) is 4.68. The lowest BCUT2D eigenvalue weighted by molar-refractivity contribution is -0.131. The summed E-state index contributed by atoms with van der Waals surface area (Å²) in [6.45, 7) is 2.96. The highest BCUT2D eigenvalue weighted by Gasteiger charge is 2.19. The quantitative estimate of drug-likeness (QED) is 0.765. The van der Waals surface area contributed by atoms with E-state index in [9.17, 15) is 9.90 Å². The maximum Gasteiger partial charge on any atom is 0.328 e. The smallest absolute Gasteiger partial charge is 0.328 e. The van der Waals surface area contributed by atoms with Crippen LogP contribution < -0.4 is 4.74 Å². The van der Waals surface area contributed by atoms with Crippen LogP contribution >= 0.6 is 0 Å². The van der Waals surface area contributed by atoms with Crippen molar-refractivity contribution in [2.75, 3.05) is 26.2 Å². The lowest BCUT2D eigenvalue weighted by Crippen LogP contribution is -2.27. The molecular weight excluding hydrogens is 258 g/mol. The van der Waals surface area contributed by atoms with E-state index in [0.29, 0.717) is 13.2 Å². The Morgan fingerprint density at radius 3 is 3.05 bits per heavy atom. The van der Waals surface area contributed by atoms with Gasteiger partial charge in [-0.05, 0) is 30.2 Å². The molecule has 1 saturated heterocycles. The Morgan fingerprint density at radius 1 is 1.50 bits per heavy atom. The highest BCUT2D eigenvalue weighted by atomic mass is 16.5. The number of ether oxygens (including phenoxy) is 1. The average molecular weight is 277 g/mol. The van der Waals surface area contributed by atoms with Crippen molar-refractivity contribution in [3.05, 3.63) is 35.9 Å². The SMILES string of the molecule is O=C(O)C=Cc1cccc(OCCN2CCC(O)C2)c1. The van der Waals surface area contributed by atoms with Crippen molar-refractivity contribution in [3.63, 3.8) is 0 Å². The lowest BCUT2D eigenvalue weighted by Gasteiger charge is -2.15. The molecule has 1 heterocycles. The maximum atomic E-state index is 10.5. The van der Waals surface area contributed by atoms with Gasteiger partial charge in [0.05, 0.1) is 6.10 Å². The highest BCUT2D eigenvalue weighted by Crippen LogP contribution is 2.15. The first-order valence-electron chi connectivity index (χ1n) is 6.68. The number of aliphatic hydroxyl groups is 1. The first-order valence-corrected chi connectivity index (χ1v) is 6.68. The van der Waals surface area contributed by atoms with Crippen LogP contribution in [0.2, 0.25) is 0 Å². The number of carboxylic acids is 1. The normalized spacial score (nSPS) is 19.6. The van der Waals surface area contributed by atoms with Gasteiger partial charge in [0.2, 0.25) is 0 Å². The number of aliphatic hydroxyl groups excluding tert-OH is 1. The molecule has 0 amide bonds. The van der Waals surface area contributed by atoms with Gasteiger partial charge in [-0.2, -0.15) is 0 Å². The molecular formula is C15H19NO4. The minimum Gasteiger partial charge on any atom is -0.492 e. The fraction of sp³-hybridized carbons (Fsp3) is 0.400. The zero-order chi connectivity index (χ0) is 14.4. The zero-order valence-electron chi connectivity index (χ0n) is 11.2. The predicted molar refractivity (Wildman–Crippen MR) is 75.7 cm³/mol. The fourth-order valence-corrected chi connectivity index (χ4v) is 2.18. The monoisotopic (exact) mass is 277 g/mol. The van der Waals surface area contributed by atoms with Crippen LogP contribution in [0.25, 0.3) is 6.08 Å². The summed E-state index contributed by atoms with van der Waals surface area (Å²) in [7, 11) is 0. The summed E-state index contributed by atoms with van der Waals surface area (Å²) in [5, 5.41) is 18.0. The van der Waals surface area contributed by atoms with Crippen molar-refractivity contribution < 1.29 is 19.7 Å². The van der Waals surface area contributed by atoms with Crippen LogP contribution in [0.1, 0.15) is 12.0 Å². The molecule has 1 aliphatic heterocycles. The van der Waals surface area contributed by atoms with E-state index in [1.807, 2.05) is 18.2 Å². The number of carbonyl (C=O) groups is 1. The van der Waals surface area contributed by atoms with E-state index in [4.69, 9.17) is 9.84 Å². The third-order valence-electron chi connectivity index (χ3n) is 3.20. The molecule has 1 unspecified atom stereocenters. The van der Waals surface area contributed by atoms with Crippen molar-refractivity contribution in [3.8, 4) is 5.75 Å². The molecule has 108 valence electrons. The van der Waals surface area contributed by atoms with Gasteiger partial charge in [0, 0.05) is 25.7 Å². The molecule has 0 radical (unpaired) electrons. The van der Waals surface area contributed by atoms with Crippen molar-refractivity contribution in [1.82, 2.24) is 4.90 Å². The van der Waals surface area contributed by atoms with Gasteiger partial charge < -0.3 is 14.9 Å². The van der Waals surface area contributed by atoms with Gasteiger partial charge in [-0.15, -0.1) is 0 Å². The second-order valence-corrected chi connectivity index (χ2v) is 4.84. The molecule has 0 spiro atoms. The maximum absolute atomic E-state index is 10.5. The predicted octanol–water partition coefficient (Wildman–Crippen LogP) is 1.23. The van der Waals surface area contributed by atoms with Crippen LogP contribution in [0, 0.1) is 0 Å². The number of likely N-dealkylation sites (tertiary alicyclic amines) is 1. The second-order valence-electron chi connectivity index (χ2n) is 4.84.